The molecule has 2 rings (SSSR count). The fourth-order valence-corrected chi connectivity index (χ4v) is 4.25. The van der Waals surface area contributed by atoms with E-state index in [1.807, 2.05) is 13.8 Å². The average Bonchev–Trinajstić information content (AvgIpc) is 2.84. The molecule has 0 saturated carbocycles. The molecule has 0 N–H and O–H groups in total. The van der Waals surface area contributed by atoms with E-state index < -0.39 is 34.7 Å². The van der Waals surface area contributed by atoms with Crippen LogP contribution in [0.5, 0.6) is 0 Å². The van der Waals surface area contributed by atoms with Crippen LogP contribution in [-0.2, 0) is 49.0 Å². The first-order valence-corrected chi connectivity index (χ1v) is 12.0. The minimum Gasteiger partial charge on any atom is -0.465 e. The van der Waals surface area contributed by atoms with E-state index in [-0.39, 0.29) is 37.6 Å². The van der Waals surface area contributed by atoms with Crippen molar-refractivity contribution in [3.8, 4) is 0 Å². The van der Waals surface area contributed by atoms with Gasteiger partial charge in [0.25, 0.3) is 0 Å². The van der Waals surface area contributed by atoms with Gasteiger partial charge in [-0.1, -0.05) is 59.7 Å². The van der Waals surface area contributed by atoms with Crippen LogP contribution in [0.1, 0.15) is 49.9 Å². The molecule has 0 aliphatic heterocycles. The Balaban J connectivity index is 3.26. The normalized spacial score (nSPS) is 11.4. The number of hydrogen-bond acceptors (Lipinski definition) is 8. The van der Waals surface area contributed by atoms with Gasteiger partial charge < -0.3 is 18.9 Å². The smallest absolute Gasteiger partial charge is 0.330 e. The summed E-state index contributed by atoms with van der Waals surface area (Å²) in [6.45, 7) is 9.40. The van der Waals surface area contributed by atoms with Crippen LogP contribution in [0.25, 0.3) is 0 Å². The molecule has 0 unspecified atom stereocenters. The second-order valence-electron chi connectivity index (χ2n) is 8.11. The molecule has 8 heteroatoms. The standard InChI is InChI=1S/C28H34O8/c1-7-33-23(29)27(24(30)34-8-2,21-15-11-19(5)12-16-21)28(25(31)35-9-3,26(32)36-10-4)22-17-13-20(6)14-18-22/h11-18H,7-10H2,1-6H3. The van der Waals surface area contributed by atoms with Crippen LogP contribution < -0.4 is 0 Å². The molecular formula is C28H34O8. The minimum atomic E-state index is -2.61. The molecule has 0 aliphatic rings. The molecule has 8 nitrogen and oxygen atoms in total. The van der Waals surface area contributed by atoms with Crippen LogP contribution in [0.3, 0.4) is 0 Å². The van der Waals surface area contributed by atoms with Crippen LogP contribution >= 0.6 is 0 Å². The SMILES string of the molecule is CCOC(=O)C(C(=O)OCC)(c1ccc(C)cc1)C(C(=O)OCC)(C(=O)OCC)c1ccc(C)cc1. The minimum absolute atomic E-state index is 0.0340. The molecule has 0 atom stereocenters. The van der Waals surface area contributed by atoms with Gasteiger partial charge in [0, 0.05) is 0 Å². The van der Waals surface area contributed by atoms with E-state index >= 15 is 0 Å². The quantitative estimate of drug-likeness (QED) is 0.262. The van der Waals surface area contributed by atoms with Crippen LogP contribution in [0.2, 0.25) is 0 Å². The lowest BCUT2D eigenvalue weighted by atomic mass is 9.56. The monoisotopic (exact) mass is 498 g/mol. The van der Waals surface area contributed by atoms with E-state index in [0.717, 1.165) is 11.1 Å². The Kier molecular flexibility index (Phi) is 9.78. The molecule has 2 aromatic rings. The third-order valence-corrected chi connectivity index (χ3v) is 5.86. The van der Waals surface area contributed by atoms with Gasteiger partial charge in [-0.3, -0.25) is 19.2 Å². The van der Waals surface area contributed by atoms with Gasteiger partial charge in [-0.2, -0.15) is 0 Å². The van der Waals surface area contributed by atoms with E-state index in [1.54, 1.807) is 52.0 Å². The zero-order chi connectivity index (χ0) is 26.9. The molecule has 194 valence electrons. The molecule has 0 spiro atoms. The molecule has 0 aliphatic carbocycles. The predicted molar refractivity (Wildman–Crippen MR) is 132 cm³/mol. The highest BCUT2D eigenvalue weighted by Crippen LogP contribution is 2.49. The van der Waals surface area contributed by atoms with Crippen molar-refractivity contribution < 1.29 is 38.1 Å². The van der Waals surface area contributed by atoms with Crippen molar-refractivity contribution in [3.05, 3.63) is 70.8 Å². The Hall–Kier alpha value is -3.68. The number of aryl methyl sites for hydroxylation is 2. The lowest BCUT2D eigenvalue weighted by Gasteiger charge is -2.43. The van der Waals surface area contributed by atoms with Gasteiger partial charge in [-0.25, -0.2) is 0 Å². The highest BCUT2D eigenvalue weighted by atomic mass is 16.6. The number of rotatable bonds is 11. The van der Waals surface area contributed by atoms with E-state index in [2.05, 4.69) is 0 Å². The maximum atomic E-state index is 14.0. The molecule has 0 bridgehead atoms. The summed E-state index contributed by atoms with van der Waals surface area (Å²) in [7, 11) is 0. The molecule has 0 heterocycles. The van der Waals surface area contributed by atoms with Gasteiger partial charge in [0.1, 0.15) is 0 Å². The van der Waals surface area contributed by atoms with Crippen molar-refractivity contribution in [2.45, 2.75) is 52.4 Å². The average molecular weight is 499 g/mol. The van der Waals surface area contributed by atoms with Gasteiger partial charge in [0.2, 0.25) is 10.8 Å². The third-order valence-electron chi connectivity index (χ3n) is 5.86. The highest BCUT2D eigenvalue weighted by Gasteiger charge is 2.75. The van der Waals surface area contributed by atoms with Crippen LogP contribution in [0.4, 0.5) is 0 Å². The Bertz CT molecular complexity index is 946. The molecular weight excluding hydrogens is 464 g/mol. The first kappa shape index (κ1) is 28.6. The summed E-state index contributed by atoms with van der Waals surface area (Å²) in [6, 6.07) is 12.7. The fraction of sp³-hybridized carbons (Fsp3) is 0.429. The van der Waals surface area contributed by atoms with E-state index in [4.69, 9.17) is 18.9 Å². The van der Waals surface area contributed by atoms with Gasteiger partial charge in [0.15, 0.2) is 0 Å². The number of carbonyl (C=O) groups is 4. The van der Waals surface area contributed by atoms with E-state index in [9.17, 15) is 19.2 Å². The maximum absolute atomic E-state index is 14.0. The first-order valence-electron chi connectivity index (χ1n) is 12.0. The third kappa shape index (κ3) is 4.85. The van der Waals surface area contributed by atoms with Crippen LogP contribution in [0.15, 0.2) is 48.5 Å². The molecule has 0 radical (unpaired) electrons. The zero-order valence-corrected chi connectivity index (χ0v) is 21.7. The number of esters is 4. The van der Waals surface area contributed by atoms with Crippen LogP contribution in [-0.4, -0.2) is 50.3 Å². The molecule has 0 fully saturated rings. The van der Waals surface area contributed by atoms with Gasteiger partial charge in [-0.15, -0.1) is 0 Å². The van der Waals surface area contributed by atoms with Crippen molar-refractivity contribution in [2.24, 2.45) is 0 Å². The highest BCUT2D eigenvalue weighted by molar-refractivity contribution is 6.22. The zero-order valence-electron chi connectivity index (χ0n) is 21.7. The lowest BCUT2D eigenvalue weighted by Crippen LogP contribution is -2.68. The van der Waals surface area contributed by atoms with Crippen molar-refractivity contribution >= 4 is 23.9 Å². The number of ether oxygens (including phenoxy) is 4. The van der Waals surface area contributed by atoms with Crippen molar-refractivity contribution in [2.75, 3.05) is 26.4 Å². The second kappa shape index (κ2) is 12.3. The van der Waals surface area contributed by atoms with Crippen LogP contribution in [0, 0.1) is 13.8 Å². The molecule has 0 aromatic heterocycles. The van der Waals surface area contributed by atoms with Crippen molar-refractivity contribution in [3.63, 3.8) is 0 Å². The predicted octanol–water partition coefficient (Wildman–Crippen LogP) is 3.73. The van der Waals surface area contributed by atoms with Crippen molar-refractivity contribution in [1.29, 1.82) is 0 Å². The number of carbonyl (C=O) groups excluding carboxylic acids is 4. The fourth-order valence-electron chi connectivity index (χ4n) is 4.25. The van der Waals surface area contributed by atoms with Crippen molar-refractivity contribution in [1.82, 2.24) is 0 Å². The summed E-state index contributed by atoms with van der Waals surface area (Å²) in [5.41, 5.74) is -3.50. The lowest BCUT2D eigenvalue weighted by molar-refractivity contribution is -0.186. The molecule has 0 saturated heterocycles. The largest absolute Gasteiger partial charge is 0.465 e. The van der Waals surface area contributed by atoms with E-state index in [0.29, 0.717) is 0 Å². The van der Waals surface area contributed by atoms with Gasteiger partial charge in [0.05, 0.1) is 26.4 Å². The Labute approximate surface area is 211 Å². The molecule has 0 amide bonds. The first-order chi connectivity index (χ1) is 17.2. The topological polar surface area (TPSA) is 105 Å². The second-order valence-corrected chi connectivity index (χ2v) is 8.11. The van der Waals surface area contributed by atoms with Gasteiger partial charge in [-0.05, 0) is 52.7 Å². The Morgan fingerprint density at radius 2 is 0.722 bits per heavy atom. The van der Waals surface area contributed by atoms with Gasteiger partial charge >= 0.3 is 23.9 Å². The summed E-state index contributed by atoms with van der Waals surface area (Å²) < 4.78 is 21.6. The summed E-state index contributed by atoms with van der Waals surface area (Å²) >= 11 is 0. The summed E-state index contributed by atoms with van der Waals surface area (Å²) in [4.78, 5) is 56.1. The summed E-state index contributed by atoms with van der Waals surface area (Å²) in [5, 5.41) is 0. The summed E-state index contributed by atoms with van der Waals surface area (Å²) in [6.07, 6.45) is 0. The Morgan fingerprint density at radius 1 is 0.500 bits per heavy atom. The molecule has 36 heavy (non-hydrogen) atoms. The number of benzene rings is 2. The van der Waals surface area contributed by atoms with E-state index in [1.165, 1.54) is 24.3 Å². The maximum Gasteiger partial charge on any atom is 0.330 e. The molecule has 2 aromatic carbocycles. The number of hydrogen-bond donors (Lipinski definition) is 0. The Morgan fingerprint density at radius 3 is 0.917 bits per heavy atom. The summed E-state index contributed by atoms with van der Waals surface area (Å²) in [5.74, 6) is -4.52.